The fraction of sp³-hybridized carbons (Fsp3) is 0.471. The van der Waals surface area contributed by atoms with Gasteiger partial charge in [-0.2, -0.15) is 0 Å². The topological polar surface area (TPSA) is 49.3 Å². The summed E-state index contributed by atoms with van der Waals surface area (Å²) in [5.74, 6) is 5.66. The van der Waals surface area contributed by atoms with E-state index in [1.165, 1.54) is 25.0 Å². The van der Waals surface area contributed by atoms with Gasteiger partial charge in [-0.3, -0.25) is 4.79 Å². The van der Waals surface area contributed by atoms with Gasteiger partial charge in [0.15, 0.2) is 0 Å². The van der Waals surface area contributed by atoms with Crippen LogP contribution in [0.2, 0.25) is 0 Å². The Labute approximate surface area is 123 Å². The number of carbonyl (C=O) groups excluding carboxylic acids is 1. The van der Waals surface area contributed by atoms with Gasteiger partial charge >= 0.3 is 0 Å². The molecule has 1 aromatic rings. The van der Waals surface area contributed by atoms with Crippen molar-refractivity contribution < 1.29 is 14.3 Å². The molecule has 0 saturated heterocycles. The monoisotopic (exact) mass is 287 g/mol. The van der Waals surface area contributed by atoms with Crippen molar-refractivity contribution in [1.82, 2.24) is 0 Å². The first-order valence-electron chi connectivity index (χ1n) is 7.41. The van der Waals surface area contributed by atoms with E-state index in [-0.39, 0.29) is 24.0 Å². The summed E-state index contributed by atoms with van der Waals surface area (Å²) >= 11 is 0. The highest BCUT2D eigenvalue weighted by Gasteiger charge is 2.54. The maximum absolute atomic E-state index is 13.8. The van der Waals surface area contributed by atoms with E-state index in [1.807, 2.05) is 0 Å². The van der Waals surface area contributed by atoms with Gasteiger partial charge in [0, 0.05) is 11.6 Å². The van der Waals surface area contributed by atoms with Crippen LogP contribution in [0.3, 0.4) is 0 Å². The number of hydrogen-bond donors (Lipinski definition) is 2. The lowest BCUT2D eigenvalue weighted by atomic mass is 10.0. The molecule has 1 amide bonds. The number of nitrogens with one attached hydrogen (secondary N) is 1. The SMILES string of the molecule is O=C(Nc1ccc(C#CCO)c(F)c1)C1C2CCCCC21. The Morgan fingerprint density at radius 3 is 2.67 bits per heavy atom. The summed E-state index contributed by atoms with van der Waals surface area (Å²) in [5, 5.41) is 11.4. The number of aliphatic hydroxyl groups is 1. The van der Waals surface area contributed by atoms with Gasteiger partial charge in [-0.15, -0.1) is 0 Å². The molecule has 0 bridgehead atoms. The number of carbonyl (C=O) groups is 1. The Balaban J connectivity index is 1.65. The highest BCUT2D eigenvalue weighted by atomic mass is 19.1. The predicted octanol–water partition coefficient (Wildman–Crippen LogP) is 2.54. The molecule has 0 spiro atoms. The van der Waals surface area contributed by atoms with Crippen molar-refractivity contribution in [1.29, 1.82) is 0 Å². The molecule has 0 aliphatic heterocycles. The molecule has 2 fully saturated rings. The van der Waals surface area contributed by atoms with Crippen molar-refractivity contribution in [2.75, 3.05) is 11.9 Å². The molecule has 0 radical (unpaired) electrons. The second-order valence-corrected chi connectivity index (χ2v) is 5.78. The molecule has 2 atom stereocenters. The zero-order valence-electron chi connectivity index (χ0n) is 11.7. The van der Waals surface area contributed by atoms with Crippen LogP contribution in [0.4, 0.5) is 10.1 Å². The molecule has 0 heterocycles. The number of anilines is 1. The maximum atomic E-state index is 13.8. The van der Waals surface area contributed by atoms with Crippen LogP contribution < -0.4 is 5.32 Å². The minimum absolute atomic E-state index is 0.0143. The molecule has 2 aliphatic rings. The van der Waals surface area contributed by atoms with Gasteiger partial charge in [0.25, 0.3) is 0 Å². The molecule has 3 rings (SSSR count). The third-order valence-electron chi connectivity index (χ3n) is 4.50. The third-order valence-corrected chi connectivity index (χ3v) is 4.50. The van der Waals surface area contributed by atoms with Crippen molar-refractivity contribution in [3.8, 4) is 11.8 Å². The summed E-state index contributed by atoms with van der Waals surface area (Å²) in [5.41, 5.74) is 0.692. The number of aliphatic hydroxyl groups excluding tert-OH is 1. The van der Waals surface area contributed by atoms with Gasteiger partial charge in [0.1, 0.15) is 12.4 Å². The molecular formula is C17H18FNO2. The van der Waals surface area contributed by atoms with Crippen LogP contribution in [0.15, 0.2) is 18.2 Å². The lowest BCUT2D eigenvalue weighted by molar-refractivity contribution is -0.117. The second kappa shape index (κ2) is 5.87. The van der Waals surface area contributed by atoms with Crippen molar-refractivity contribution in [3.63, 3.8) is 0 Å². The summed E-state index contributed by atoms with van der Waals surface area (Å²) in [6.07, 6.45) is 4.73. The van der Waals surface area contributed by atoms with Gasteiger partial charge in [-0.1, -0.05) is 24.7 Å². The Morgan fingerprint density at radius 2 is 2.05 bits per heavy atom. The van der Waals surface area contributed by atoms with Crippen molar-refractivity contribution >= 4 is 11.6 Å². The highest BCUT2D eigenvalue weighted by Crippen LogP contribution is 2.55. The van der Waals surface area contributed by atoms with Crippen LogP contribution in [-0.2, 0) is 4.79 Å². The van der Waals surface area contributed by atoms with Gasteiger partial charge in [-0.05, 0) is 42.9 Å². The number of hydrogen-bond acceptors (Lipinski definition) is 2. The average molecular weight is 287 g/mol. The first-order chi connectivity index (χ1) is 10.2. The van der Waals surface area contributed by atoms with E-state index in [0.717, 1.165) is 12.8 Å². The number of rotatable bonds is 2. The smallest absolute Gasteiger partial charge is 0.228 e. The van der Waals surface area contributed by atoms with Crippen LogP contribution in [0.5, 0.6) is 0 Å². The van der Waals surface area contributed by atoms with Gasteiger partial charge in [0.05, 0.1) is 5.56 Å². The van der Waals surface area contributed by atoms with Crippen LogP contribution in [-0.4, -0.2) is 17.6 Å². The molecule has 3 nitrogen and oxygen atoms in total. The predicted molar refractivity (Wildman–Crippen MR) is 77.9 cm³/mol. The van der Waals surface area contributed by atoms with Gasteiger partial charge in [-0.25, -0.2) is 4.39 Å². The highest BCUT2D eigenvalue weighted by molar-refractivity contribution is 5.95. The summed E-state index contributed by atoms with van der Waals surface area (Å²) in [6, 6.07) is 4.45. The zero-order chi connectivity index (χ0) is 14.8. The van der Waals surface area contributed by atoms with E-state index in [4.69, 9.17) is 5.11 Å². The summed E-state index contributed by atoms with van der Waals surface area (Å²) in [6.45, 7) is -0.303. The van der Waals surface area contributed by atoms with Crippen LogP contribution in [0.25, 0.3) is 0 Å². The number of halogens is 1. The Bertz CT molecular complexity index is 605. The number of benzene rings is 1. The second-order valence-electron chi connectivity index (χ2n) is 5.78. The molecule has 21 heavy (non-hydrogen) atoms. The zero-order valence-corrected chi connectivity index (χ0v) is 11.7. The fourth-order valence-corrected chi connectivity index (χ4v) is 3.44. The quantitative estimate of drug-likeness (QED) is 0.821. The van der Waals surface area contributed by atoms with Crippen molar-refractivity contribution in [3.05, 3.63) is 29.6 Å². The Hall–Kier alpha value is -1.86. The fourth-order valence-electron chi connectivity index (χ4n) is 3.44. The molecule has 2 aliphatic carbocycles. The van der Waals surface area contributed by atoms with Gasteiger partial charge in [0.2, 0.25) is 5.91 Å². The Kier molecular flexibility index (Phi) is 3.94. The first kappa shape index (κ1) is 14.1. The molecule has 0 aromatic heterocycles. The average Bonchev–Trinajstić information content (AvgIpc) is 3.21. The number of amides is 1. The minimum atomic E-state index is -0.484. The van der Waals surface area contributed by atoms with E-state index in [0.29, 0.717) is 17.5 Å². The van der Waals surface area contributed by atoms with E-state index < -0.39 is 5.82 Å². The van der Waals surface area contributed by atoms with E-state index in [1.54, 1.807) is 6.07 Å². The van der Waals surface area contributed by atoms with Crippen LogP contribution in [0.1, 0.15) is 31.2 Å². The Morgan fingerprint density at radius 1 is 1.33 bits per heavy atom. The van der Waals surface area contributed by atoms with Crippen molar-refractivity contribution in [2.45, 2.75) is 25.7 Å². The first-order valence-corrected chi connectivity index (χ1v) is 7.41. The lowest BCUT2D eigenvalue weighted by Gasteiger charge is -2.05. The summed E-state index contributed by atoms with van der Waals surface area (Å²) in [7, 11) is 0. The van der Waals surface area contributed by atoms with Crippen LogP contribution in [0, 0.1) is 35.4 Å². The molecule has 2 saturated carbocycles. The molecule has 110 valence electrons. The van der Waals surface area contributed by atoms with Crippen LogP contribution >= 0.6 is 0 Å². The standard InChI is InChI=1S/C17H18FNO2/c18-15-10-12(8-7-11(15)4-3-9-20)19-17(21)16-13-5-1-2-6-14(13)16/h7-8,10,13-14,16,20H,1-2,5-6,9H2,(H,19,21). The van der Waals surface area contributed by atoms with Gasteiger partial charge < -0.3 is 10.4 Å². The summed E-state index contributed by atoms with van der Waals surface area (Å²) in [4.78, 5) is 12.2. The minimum Gasteiger partial charge on any atom is -0.384 e. The molecule has 2 N–H and O–H groups in total. The maximum Gasteiger partial charge on any atom is 0.228 e. The molecule has 1 aromatic carbocycles. The molecular weight excluding hydrogens is 269 g/mol. The largest absolute Gasteiger partial charge is 0.384 e. The summed E-state index contributed by atoms with van der Waals surface area (Å²) < 4.78 is 13.8. The molecule has 2 unspecified atom stereocenters. The normalized spacial score (nSPS) is 26.3. The van der Waals surface area contributed by atoms with E-state index >= 15 is 0 Å². The van der Waals surface area contributed by atoms with Crippen molar-refractivity contribution in [2.24, 2.45) is 17.8 Å². The number of fused-ring (bicyclic) bond motifs is 1. The lowest BCUT2D eigenvalue weighted by Crippen LogP contribution is -2.15. The molecule has 4 heteroatoms. The van der Waals surface area contributed by atoms with E-state index in [9.17, 15) is 9.18 Å². The third kappa shape index (κ3) is 2.93. The van der Waals surface area contributed by atoms with E-state index in [2.05, 4.69) is 17.2 Å².